The van der Waals surface area contributed by atoms with E-state index < -0.39 is 0 Å². The van der Waals surface area contributed by atoms with Gasteiger partial charge in [-0.15, -0.1) is 23.1 Å². The average molecular weight is 355 g/mol. The van der Waals surface area contributed by atoms with Crippen LogP contribution in [-0.2, 0) is 4.79 Å². The molecule has 1 aromatic carbocycles. The maximum Gasteiger partial charge on any atom is 0.240 e. The van der Waals surface area contributed by atoms with Crippen LogP contribution in [0.5, 0.6) is 0 Å². The number of aryl methyl sites for hydroxylation is 1. The van der Waals surface area contributed by atoms with Gasteiger partial charge in [0.05, 0.1) is 5.75 Å². The van der Waals surface area contributed by atoms with Crippen molar-refractivity contribution in [2.75, 3.05) is 10.7 Å². The number of anilines is 1. The quantitative estimate of drug-likeness (QED) is 0.817. The third kappa shape index (κ3) is 2.57. The first kappa shape index (κ1) is 13.1. The van der Waals surface area contributed by atoms with Crippen LogP contribution in [0.15, 0.2) is 34.9 Å². The molecule has 2 heterocycles. The summed E-state index contributed by atoms with van der Waals surface area (Å²) < 4.78 is 1.04. The molecule has 2 aromatic rings. The number of nitrogens with zero attached hydrogens (tertiary/aromatic N) is 2. The Hall–Kier alpha value is -0.850. The van der Waals surface area contributed by atoms with Gasteiger partial charge in [0.15, 0.2) is 5.13 Å². The predicted molar refractivity (Wildman–Crippen MR) is 83.7 cm³/mol. The number of halogens is 1. The molecule has 0 N–H and O–H groups in total. The minimum atomic E-state index is 0.0335. The van der Waals surface area contributed by atoms with Gasteiger partial charge in [-0.25, -0.2) is 4.98 Å². The fourth-order valence-corrected chi connectivity index (χ4v) is 4.25. The van der Waals surface area contributed by atoms with Crippen molar-refractivity contribution in [1.29, 1.82) is 0 Å². The van der Waals surface area contributed by atoms with Crippen molar-refractivity contribution < 1.29 is 4.79 Å². The second kappa shape index (κ2) is 5.26. The van der Waals surface area contributed by atoms with E-state index in [0.717, 1.165) is 20.0 Å². The van der Waals surface area contributed by atoms with Crippen molar-refractivity contribution in [2.24, 2.45) is 0 Å². The maximum atomic E-state index is 12.1. The minimum Gasteiger partial charge on any atom is -0.273 e. The van der Waals surface area contributed by atoms with Crippen molar-refractivity contribution in [3.05, 3.63) is 45.4 Å². The summed E-state index contributed by atoms with van der Waals surface area (Å²) in [5.41, 5.74) is 1.13. The molecule has 1 aliphatic rings. The first-order valence-corrected chi connectivity index (χ1v) is 8.42. The molecule has 19 heavy (non-hydrogen) atoms. The predicted octanol–water partition coefficient (Wildman–Crippen LogP) is 3.99. The van der Waals surface area contributed by atoms with E-state index in [0.29, 0.717) is 5.75 Å². The van der Waals surface area contributed by atoms with E-state index in [9.17, 15) is 4.79 Å². The van der Waals surface area contributed by atoms with Gasteiger partial charge in [0.1, 0.15) is 5.37 Å². The van der Waals surface area contributed by atoms with Crippen LogP contribution in [0.4, 0.5) is 5.13 Å². The fraction of sp³-hybridized carbons (Fsp3) is 0.231. The molecule has 6 heteroatoms. The number of carbonyl (C=O) groups is 1. The lowest BCUT2D eigenvalue weighted by molar-refractivity contribution is -0.115. The number of aromatic nitrogens is 1. The number of thiazole rings is 1. The number of amides is 1. The number of benzene rings is 1. The van der Waals surface area contributed by atoms with Crippen LogP contribution in [-0.4, -0.2) is 16.6 Å². The van der Waals surface area contributed by atoms with Crippen LogP contribution in [0.1, 0.15) is 15.8 Å². The van der Waals surface area contributed by atoms with Gasteiger partial charge in [-0.1, -0.05) is 28.1 Å². The van der Waals surface area contributed by atoms with Crippen molar-refractivity contribution in [3.63, 3.8) is 0 Å². The lowest BCUT2D eigenvalue weighted by Gasteiger charge is -2.21. The zero-order valence-corrected chi connectivity index (χ0v) is 13.4. The fourth-order valence-electron chi connectivity index (χ4n) is 1.96. The van der Waals surface area contributed by atoms with Crippen molar-refractivity contribution in [3.8, 4) is 0 Å². The second-order valence-corrected chi connectivity index (χ2v) is 7.43. The molecule has 1 aliphatic heterocycles. The highest BCUT2D eigenvalue weighted by Gasteiger charge is 2.35. The Balaban J connectivity index is 1.96. The van der Waals surface area contributed by atoms with E-state index in [4.69, 9.17) is 0 Å². The van der Waals surface area contributed by atoms with Crippen LogP contribution in [0, 0.1) is 6.92 Å². The summed E-state index contributed by atoms with van der Waals surface area (Å²) in [7, 11) is 0. The van der Waals surface area contributed by atoms with Crippen LogP contribution < -0.4 is 4.90 Å². The summed E-state index contributed by atoms with van der Waals surface area (Å²) in [5.74, 6) is 0.645. The average Bonchev–Trinajstić information content (AvgIpc) is 2.96. The second-order valence-electron chi connectivity index (χ2n) is 4.23. The largest absolute Gasteiger partial charge is 0.273 e. The van der Waals surface area contributed by atoms with Gasteiger partial charge in [0.25, 0.3) is 0 Å². The van der Waals surface area contributed by atoms with Crippen molar-refractivity contribution in [1.82, 2.24) is 4.98 Å². The molecule has 1 amide bonds. The van der Waals surface area contributed by atoms with E-state index in [1.54, 1.807) is 23.1 Å². The first-order valence-electron chi connectivity index (χ1n) is 5.77. The number of hydrogen-bond acceptors (Lipinski definition) is 4. The molecule has 1 atom stereocenters. The Morgan fingerprint density at radius 1 is 1.37 bits per heavy atom. The van der Waals surface area contributed by atoms with Crippen molar-refractivity contribution in [2.45, 2.75) is 12.3 Å². The third-order valence-corrected chi connectivity index (χ3v) is 5.49. The summed E-state index contributed by atoms with van der Waals surface area (Å²) in [6.45, 7) is 2.00. The lowest BCUT2D eigenvalue weighted by Crippen LogP contribution is -2.27. The van der Waals surface area contributed by atoms with E-state index >= 15 is 0 Å². The van der Waals surface area contributed by atoms with Crippen LogP contribution in [0.2, 0.25) is 0 Å². The Kier molecular flexibility index (Phi) is 3.64. The summed E-state index contributed by atoms with van der Waals surface area (Å²) in [6.07, 6.45) is 1.81. The summed E-state index contributed by atoms with van der Waals surface area (Å²) in [4.78, 5) is 19.4. The number of carbonyl (C=O) groups excluding carboxylic acids is 1. The molecule has 3 rings (SSSR count). The van der Waals surface area contributed by atoms with Crippen LogP contribution in [0.3, 0.4) is 0 Å². The Labute approximate surface area is 128 Å². The highest BCUT2D eigenvalue weighted by Crippen LogP contribution is 2.42. The summed E-state index contributed by atoms with van der Waals surface area (Å²) >= 11 is 6.64. The van der Waals surface area contributed by atoms with Gasteiger partial charge in [-0.05, 0) is 24.6 Å². The number of hydrogen-bond donors (Lipinski definition) is 0. The molecule has 0 unspecified atom stereocenters. The Bertz CT molecular complexity index is 611. The molecule has 3 nitrogen and oxygen atoms in total. The zero-order valence-electron chi connectivity index (χ0n) is 10.2. The van der Waals surface area contributed by atoms with Crippen LogP contribution in [0.25, 0.3) is 0 Å². The van der Waals surface area contributed by atoms with Gasteiger partial charge >= 0.3 is 0 Å². The molecule has 0 radical (unpaired) electrons. The molecule has 1 aromatic heterocycles. The molecule has 1 saturated heterocycles. The Morgan fingerprint density at radius 2 is 2.11 bits per heavy atom. The first-order chi connectivity index (χ1) is 9.15. The molecular weight excluding hydrogens is 344 g/mol. The third-order valence-electron chi connectivity index (χ3n) is 2.84. The summed E-state index contributed by atoms with van der Waals surface area (Å²) in [6, 6.07) is 8.11. The van der Waals surface area contributed by atoms with E-state index in [1.807, 2.05) is 42.3 Å². The standard InChI is InChI=1S/C13H11BrN2OS2/c1-8-6-15-13(19-8)16-11(17)7-18-12(16)9-2-4-10(14)5-3-9/h2-6,12H,7H2,1H3/t12-/m0/s1. The molecule has 1 fully saturated rings. The summed E-state index contributed by atoms with van der Waals surface area (Å²) in [5, 5.41) is 0.826. The van der Waals surface area contributed by atoms with Crippen LogP contribution >= 0.6 is 39.0 Å². The van der Waals surface area contributed by atoms with Gasteiger partial charge in [0.2, 0.25) is 5.91 Å². The topological polar surface area (TPSA) is 33.2 Å². The lowest BCUT2D eigenvalue weighted by atomic mass is 10.2. The van der Waals surface area contributed by atoms with Gasteiger partial charge < -0.3 is 0 Å². The monoisotopic (exact) mass is 354 g/mol. The molecule has 0 spiro atoms. The zero-order chi connectivity index (χ0) is 13.4. The smallest absolute Gasteiger partial charge is 0.240 e. The molecule has 0 bridgehead atoms. The van der Waals surface area contributed by atoms with E-state index in [-0.39, 0.29) is 11.3 Å². The SMILES string of the molecule is Cc1cnc(N2C(=O)CS[C@H]2c2ccc(Br)cc2)s1. The maximum absolute atomic E-state index is 12.1. The van der Waals surface area contributed by atoms with E-state index in [2.05, 4.69) is 20.9 Å². The number of rotatable bonds is 2. The number of thioether (sulfide) groups is 1. The van der Waals surface area contributed by atoms with Gasteiger partial charge in [-0.3, -0.25) is 9.69 Å². The molecule has 0 aliphatic carbocycles. The highest BCUT2D eigenvalue weighted by molar-refractivity contribution is 9.10. The van der Waals surface area contributed by atoms with Gasteiger partial charge in [0, 0.05) is 15.5 Å². The molecule has 0 saturated carbocycles. The highest BCUT2D eigenvalue weighted by atomic mass is 79.9. The minimum absolute atomic E-state index is 0.0335. The van der Waals surface area contributed by atoms with Gasteiger partial charge in [-0.2, -0.15) is 0 Å². The molecule has 98 valence electrons. The molecular formula is C13H11BrN2OS2. The normalized spacial score (nSPS) is 19.2. The Morgan fingerprint density at radius 3 is 2.74 bits per heavy atom. The van der Waals surface area contributed by atoms with E-state index in [1.165, 1.54) is 0 Å². The van der Waals surface area contributed by atoms with Crippen molar-refractivity contribution >= 4 is 50.1 Å².